The normalized spacial score (nSPS) is 39.4. The maximum atomic E-state index is 10.4. The highest BCUT2D eigenvalue weighted by Gasteiger charge is 2.55. The van der Waals surface area contributed by atoms with Crippen LogP contribution in [0.2, 0.25) is 0 Å². The Labute approximate surface area is 66.9 Å². The van der Waals surface area contributed by atoms with Crippen LogP contribution in [-0.4, -0.2) is 19.5 Å². The molecular formula is C9H14O2. The lowest BCUT2D eigenvalue weighted by atomic mass is 9.77. The minimum absolute atomic E-state index is 0.360. The third-order valence-electron chi connectivity index (χ3n) is 3.28. The summed E-state index contributed by atoms with van der Waals surface area (Å²) in [5.74, 6) is 1.01. The SMILES string of the molecule is CCC1(C2CC2C=O)COC1. The van der Waals surface area contributed by atoms with Gasteiger partial charge >= 0.3 is 0 Å². The van der Waals surface area contributed by atoms with Crippen molar-refractivity contribution >= 4 is 6.29 Å². The van der Waals surface area contributed by atoms with Gasteiger partial charge in [-0.1, -0.05) is 6.92 Å². The summed E-state index contributed by atoms with van der Waals surface area (Å²) < 4.78 is 5.21. The lowest BCUT2D eigenvalue weighted by Crippen LogP contribution is -2.44. The molecule has 2 unspecified atom stereocenters. The predicted molar refractivity (Wildman–Crippen MR) is 41.2 cm³/mol. The van der Waals surface area contributed by atoms with Crippen molar-refractivity contribution in [3.8, 4) is 0 Å². The van der Waals surface area contributed by atoms with E-state index in [9.17, 15) is 4.79 Å². The van der Waals surface area contributed by atoms with Gasteiger partial charge in [-0.3, -0.25) is 0 Å². The maximum Gasteiger partial charge on any atom is 0.123 e. The predicted octanol–water partition coefficient (Wildman–Crippen LogP) is 1.25. The Morgan fingerprint density at radius 1 is 1.64 bits per heavy atom. The zero-order valence-electron chi connectivity index (χ0n) is 6.88. The van der Waals surface area contributed by atoms with Crippen LogP contribution < -0.4 is 0 Å². The van der Waals surface area contributed by atoms with Crippen molar-refractivity contribution in [3.63, 3.8) is 0 Å². The molecule has 2 heteroatoms. The first kappa shape index (κ1) is 7.29. The highest BCUT2D eigenvalue weighted by atomic mass is 16.5. The van der Waals surface area contributed by atoms with Crippen LogP contribution in [0.5, 0.6) is 0 Å². The number of carbonyl (C=O) groups is 1. The van der Waals surface area contributed by atoms with Crippen molar-refractivity contribution < 1.29 is 9.53 Å². The lowest BCUT2D eigenvalue weighted by Gasteiger charge is -2.41. The summed E-state index contributed by atoms with van der Waals surface area (Å²) in [6.45, 7) is 3.97. The van der Waals surface area contributed by atoms with Crippen molar-refractivity contribution in [2.45, 2.75) is 19.8 Å². The Bertz CT molecular complexity index is 167. The van der Waals surface area contributed by atoms with Gasteiger partial charge in [-0.15, -0.1) is 0 Å². The third-order valence-corrected chi connectivity index (χ3v) is 3.28. The fraction of sp³-hybridized carbons (Fsp3) is 0.889. The molecule has 1 aliphatic carbocycles. The number of hydrogen-bond donors (Lipinski definition) is 0. The van der Waals surface area contributed by atoms with E-state index in [2.05, 4.69) is 6.92 Å². The van der Waals surface area contributed by atoms with E-state index in [1.807, 2.05) is 0 Å². The van der Waals surface area contributed by atoms with E-state index in [1.54, 1.807) is 0 Å². The molecule has 62 valence electrons. The largest absolute Gasteiger partial charge is 0.380 e. The quantitative estimate of drug-likeness (QED) is 0.572. The van der Waals surface area contributed by atoms with Crippen molar-refractivity contribution in [3.05, 3.63) is 0 Å². The van der Waals surface area contributed by atoms with Crippen LogP contribution in [0.25, 0.3) is 0 Å². The van der Waals surface area contributed by atoms with E-state index >= 15 is 0 Å². The molecule has 0 bridgehead atoms. The monoisotopic (exact) mass is 154 g/mol. The van der Waals surface area contributed by atoms with Crippen LogP contribution in [0.3, 0.4) is 0 Å². The molecule has 0 aromatic carbocycles. The minimum atomic E-state index is 0.360. The third kappa shape index (κ3) is 0.924. The van der Waals surface area contributed by atoms with E-state index < -0.39 is 0 Å². The van der Waals surface area contributed by atoms with Gasteiger partial charge in [0.25, 0.3) is 0 Å². The first-order valence-corrected chi connectivity index (χ1v) is 4.35. The Morgan fingerprint density at radius 2 is 2.36 bits per heavy atom. The average molecular weight is 154 g/mol. The highest BCUT2D eigenvalue weighted by molar-refractivity contribution is 5.58. The van der Waals surface area contributed by atoms with E-state index in [0.717, 1.165) is 25.9 Å². The first-order valence-electron chi connectivity index (χ1n) is 4.35. The summed E-state index contributed by atoms with van der Waals surface area (Å²) >= 11 is 0. The van der Waals surface area contributed by atoms with Crippen molar-refractivity contribution in [2.24, 2.45) is 17.3 Å². The fourth-order valence-corrected chi connectivity index (χ4v) is 2.11. The molecule has 1 heterocycles. The molecule has 0 aromatic heterocycles. The van der Waals surface area contributed by atoms with Crippen LogP contribution >= 0.6 is 0 Å². The van der Waals surface area contributed by atoms with Gasteiger partial charge in [0, 0.05) is 11.3 Å². The molecule has 1 aliphatic heterocycles. The topological polar surface area (TPSA) is 26.3 Å². The van der Waals surface area contributed by atoms with Crippen LogP contribution in [0.1, 0.15) is 19.8 Å². The number of ether oxygens (including phenoxy) is 1. The van der Waals surface area contributed by atoms with Crippen LogP contribution in [0.15, 0.2) is 0 Å². The molecule has 0 amide bonds. The molecule has 0 radical (unpaired) electrons. The maximum absolute atomic E-state index is 10.4. The second-order valence-electron chi connectivity index (χ2n) is 3.85. The van der Waals surface area contributed by atoms with Gasteiger partial charge in [0.2, 0.25) is 0 Å². The molecule has 0 aromatic rings. The molecule has 2 fully saturated rings. The van der Waals surface area contributed by atoms with Gasteiger partial charge < -0.3 is 9.53 Å². The molecule has 1 saturated carbocycles. The van der Waals surface area contributed by atoms with Crippen LogP contribution in [-0.2, 0) is 9.53 Å². The van der Waals surface area contributed by atoms with Gasteiger partial charge in [-0.05, 0) is 18.8 Å². The van der Waals surface area contributed by atoms with Crippen LogP contribution in [0, 0.1) is 17.3 Å². The number of hydrogen-bond acceptors (Lipinski definition) is 2. The Morgan fingerprint density at radius 3 is 2.64 bits per heavy atom. The summed E-state index contributed by atoms with van der Waals surface area (Å²) in [5.41, 5.74) is 0.394. The Balaban J connectivity index is 1.98. The summed E-state index contributed by atoms with van der Waals surface area (Å²) in [4.78, 5) is 10.4. The van der Waals surface area contributed by atoms with Gasteiger partial charge in [0.1, 0.15) is 6.29 Å². The molecule has 0 spiro atoms. The Kier molecular flexibility index (Phi) is 1.53. The fourth-order valence-electron chi connectivity index (χ4n) is 2.11. The van der Waals surface area contributed by atoms with Gasteiger partial charge in [0.15, 0.2) is 0 Å². The van der Waals surface area contributed by atoms with E-state index in [0.29, 0.717) is 17.3 Å². The molecule has 11 heavy (non-hydrogen) atoms. The molecular weight excluding hydrogens is 140 g/mol. The molecule has 2 rings (SSSR count). The van der Waals surface area contributed by atoms with Crippen molar-refractivity contribution in [1.82, 2.24) is 0 Å². The molecule has 2 atom stereocenters. The van der Waals surface area contributed by atoms with E-state index in [-0.39, 0.29) is 0 Å². The standard InChI is InChI=1S/C9H14O2/c1-2-9(5-11-6-9)8-3-7(8)4-10/h4,7-8H,2-3,5-6H2,1H3. The van der Waals surface area contributed by atoms with Crippen molar-refractivity contribution in [1.29, 1.82) is 0 Å². The summed E-state index contributed by atoms with van der Waals surface area (Å²) in [6.07, 6.45) is 3.39. The zero-order chi connectivity index (χ0) is 7.90. The molecule has 2 aliphatic rings. The molecule has 1 saturated heterocycles. The van der Waals surface area contributed by atoms with Gasteiger partial charge in [-0.25, -0.2) is 0 Å². The second kappa shape index (κ2) is 2.31. The highest BCUT2D eigenvalue weighted by Crippen LogP contribution is 2.55. The van der Waals surface area contributed by atoms with Gasteiger partial charge in [-0.2, -0.15) is 0 Å². The van der Waals surface area contributed by atoms with Crippen molar-refractivity contribution in [2.75, 3.05) is 13.2 Å². The first-order chi connectivity index (χ1) is 5.32. The van der Waals surface area contributed by atoms with Gasteiger partial charge in [0.05, 0.1) is 13.2 Å². The number of rotatable bonds is 3. The minimum Gasteiger partial charge on any atom is -0.380 e. The average Bonchev–Trinajstić information content (AvgIpc) is 2.67. The summed E-state index contributed by atoms with van der Waals surface area (Å²) in [7, 11) is 0. The smallest absolute Gasteiger partial charge is 0.123 e. The summed E-state index contributed by atoms with van der Waals surface area (Å²) in [5, 5.41) is 0. The van der Waals surface area contributed by atoms with E-state index in [1.165, 1.54) is 6.42 Å². The van der Waals surface area contributed by atoms with E-state index in [4.69, 9.17) is 4.74 Å². The summed E-state index contributed by atoms with van der Waals surface area (Å²) in [6, 6.07) is 0. The Hall–Kier alpha value is -0.370. The van der Waals surface area contributed by atoms with Crippen LogP contribution in [0.4, 0.5) is 0 Å². The molecule has 0 N–H and O–H groups in total. The number of aldehydes is 1. The lowest BCUT2D eigenvalue weighted by molar-refractivity contribution is -0.133. The number of carbonyl (C=O) groups excluding carboxylic acids is 1. The second-order valence-corrected chi connectivity index (χ2v) is 3.85. The zero-order valence-corrected chi connectivity index (χ0v) is 6.88. The molecule has 2 nitrogen and oxygen atoms in total.